The Morgan fingerprint density at radius 2 is 2.10 bits per heavy atom. The third-order valence-corrected chi connectivity index (χ3v) is 3.70. The first-order valence-electron chi connectivity index (χ1n) is 6.74. The molecule has 5 nitrogen and oxygen atoms in total. The van der Waals surface area contributed by atoms with E-state index in [1.54, 1.807) is 7.11 Å². The zero-order valence-electron chi connectivity index (χ0n) is 12.7. The maximum absolute atomic E-state index is 5.49. The molecule has 20 heavy (non-hydrogen) atoms. The zero-order chi connectivity index (χ0) is 14.9. The standard InChI is InChI=1S/C14H22N4OS/c1-9(2)11(8-17(3)4)18-13-10(15-14(18)20)6-7-12(16-13)19-5/h6-7,9,11H,8H2,1-5H3,(H,15,20). The molecule has 2 heterocycles. The Labute approximate surface area is 124 Å². The van der Waals surface area contributed by atoms with E-state index in [2.05, 4.69) is 47.4 Å². The largest absolute Gasteiger partial charge is 0.481 e. The molecule has 0 spiro atoms. The van der Waals surface area contributed by atoms with Gasteiger partial charge in [0.15, 0.2) is 10.4 Å². The fraction of sp³-hybridized carbons (Fsp3) is 0.571. The maximum Gasteiger partial charge on any atom is 0.215 e. The number of fused-ring (bicyclic) bond motifs is 1. The van der Waals surface area contributed by atoms with Gasteiger partial charge in [0.25, 0.3) is 0 Å². The molecule has 0 aliphatic heterocycles. The third kappa shape index (κ3) is 2.86. The highest BCUT2D eigenvalue weighted by Crippen LogP contribution is 2.25. The van der Waals surface area contributed by atoms with Gasteiger partial charge in [-0.05, 0) is 38.3 Å². The summed E-state index contributed by atoms with van der Waals surface area (Å²) in [5.41, 5.74) is 1.80. The number of imidazole rings is 1. The van der Waals surface area contributed by atoms with Crippen molar-refractivity contribution in [2.24, 2.45) is 5.92 Å². The number of likely N-dealkylation sites (N-methyl/N-ethyl adjacent to an activating group) is 1. The molecule has 0 amide bonds. The van der Waals surface area contributed by atoms with Crippen molar-refractivity contribution in [3.05, 3.63) is 16.9 Å². The van der Waals surface area contributed by atoms with Crippen LogP contribution < -0.4 is 4.74 Å². The van der Waals surface area contributed by atoms with Crippen molar-refractivity contribution in [3.8, 4) is 5.88 Å². The Kier molecular flexibility index (Phi) is 4.45. The van der Waals surface area contributed by atoms with Crippen molar-refractivity contribution in [3.63, 3.8) is 0 Å². The van der Waals surface area contributed by atoms with Crippen LogP contribution in [0, 0.1) is 10.7 Å². The molecule has 0 aromatic carbocycles. The van der Waals surface area contributed by atoms with Gasteiger partial charge in [-0.1, -0.05) is 13.8 Å². The quantitative estimate of drug-likeness (QED) is 0.861. The number of hydrogen-bond acceptors (Lipinski definition) is 4. The smallest absolute Gasteiger partial charge is 0.215 e. The second-order valence-corrected chi connectivity index (χ2v) is 5.99. The van der Waals surface area contributed by atoms with Crippen LogP contribution in [0.15, 0.2) is 12.1 Å². The summed E-state index contributed by atoms with van der Waals surface area (Å²) in [6.45, 7) is 5.32. The van der Waals surface area contributed by atoms with Crippen LogP contribution in [0.4, 0.5) is 0 Å². The molecule has 110 valence electrons. The van der Waals surface area contributed by atoms with E-state index in [4.69, 9.17) is 17.0 Å². The minimum atomic E-state index is 0.269. The minimum absolute atomic E-state index is 0.269. The summed E-state index contributed by atoms with van der Waals surface area (Å²) in [7, 11) is 5.77. The van der Waals surface area contributed by atoms with E-state index in [-0.39, 0.29) is 6.04 Å². The van der Waals surface area contributed by atoms with Gasteiger partial charge < -0.3 is 14.6 Å². The number of aromatic nitrogens is 3. The Morgan fingerprint density at radius 3 is 2.65 bits per heavy atom. The van der Waals surface area contributed by atoms with Crippen molar-refractivity contribution in [1.29, 1.82) is 0 Å². The molecule has 0 bridgehead atoms. The molecule has 0 saturated carbocycles. The van der Waals surface area contributed by atoms with E-state index in [1.165, 1.54) is 0 Å². The van der Waals surface area contributed by atoms with Crippen LogP contribution in [0.25, 0.3) is 11.2 Å². The van der Waals surface area contributed by atoms with Gasteiger partial charge in [0, 0.05) is 12.6 Å². The predicted molar refractivity (Wildman–Crippen MR) is 83.9 cm³/mol. The van der Waals surface area contributed by atoms with Crippen LogP contribution in [0.2, 0.25) is 0 Å². The number of methoxy groups -OCH3 is 1. The summed E-state index contributed by atoms with van der Waals surface area (Å²) in [4.78, 5) is 9.95. The van der Waals surface area contributed by atoms with Crippen molar-refractivity contribution in [2.75, 3.05) is 27.7 Å². The van der Waals surface area contributed by atoms with E-state index < -0.39 is 0 Å². The molecule has 1 N–H and O–H groups in total. The lowest BCUT2D eigenvalue weighted by atomic mass is 10.0. The number of ether oxygens (including phenoxy) is 1. The van der Waals surface area contributed by atoms with Gasteiger partial charge in [-0.2, -0.15) is 4.98 Å². The van der Waals surface area contributed by atoms with E-state index in [0.717, 1.165) is 17.7 Å². The summed E-state index contributed by atoms with van der Waals surface area (Å²) >= 11 is 5.49. The first-order chi connectivity index (χ1) is 9.43. The summed E-state index contributed by atoms with van der Waals surface area (Å²) < 4.78 is 8.04. The highest BCUT2D eigenvalue weighted by Gasteiger charge is 2.21. The monoisotopic (exact) mass is 294 g/mol. The zero-order valence-corrected chi connectivity index (χ0v) is 13.5. The number of H-pyrrole nitrogens is 1. The fourth-order valence-electron chi connectivity index (χ4n) is 2.37. The molecule has 0 aliphatic carbocycles. The minimum Gasteiger partial charge on any atom is -0.481 e. The molecule has 0 aliphatic rings. The molecule has 2 aromatic rings. The summed E-state index contributed by atoms with van der Waals surface area (Å²) in [6, 6.07) is 4.07. The maximum atomic E-state index is 5.49. The van der Waals surface area contributed by atoms with Gasteiger partial charge in [-0.15, -0.1) is 0 Å². The Hall–Kier alpha value is -1.40. The lowest BCUT2D eigenvalue weighted by Crippen LogP contribution is -2.28. The molecule has 0 saturated heterocycles. The van der Waals surface area contributed by atoms with Crippen LogP contribution in [0.1, 0.15) is 19.9 Å². The van der Waals surface area contributed by atoms with Crippen molar-refractivity contribution in [1.82, 2.24) is 19.4 Å². The van der Waals surface area contributed by atoms with Crippen LogP contribution in [-0.2, 0) is 0 Å². The van der Waals surface area contributed by atoms with Gasteiger partial charge in [-0.3, -0.25) is 4.57 Å². The molecule has 6 heteroatoms. The number of nitrogens with one attached hydrogen (secondary N) is 1. The first kappa shape index (κ1) is 15.0. The average Bonchev–Trinajstić information content (AvgIpc) is 2.70. The highest BCUT2D eigenvalue weighted by molar-refractivity contribution is 7.71. The van der Waals surface area contributed by atoms with Crippen LogP contribution in [0.5, 0.6) is 5.88 Å². The molecule has 1 atom stereocenters. The van der Waals surface area contributed by atoms with Crippen molar-refractivity contribution >= 4 is 23.4 Å². The van der Waals surface area contributed by atoms with E-state index >= 15 is 0 Å². The molecule has 0 radical (unpaired) electrons. The Bertz CT molecular complexity index is 644. The number of pyridine rings is 1. The van der Waals surface area contributed by atoms with Crippen molar-refractivity contribution in [2.45, 2.75) is 19.9 Å². The second-order valence-electron chi connectivity index (χ2n) is 5.60. The topological polar surface area (TPSA) is 46.1 Å². The SMILES string of the molecule is COc1ccc2[nH]c(=S)n(C(CN(C)C)C(C)C)c2n1. The molecular formula is C14H22N4OS. The predicted octanol–water partition coefficient (Wildman–Crippen LogP) is 2.86. The lowest BCUT2D eigenvalue weighted by molar-refractivity contribution is 0.271. The molecular weight excluding hydrogens is 272 g/mol. The van der Waals surface area contributed by atoms with Crippen LogP contribution in [-0.4, -0.2) is 47.2 Å². The van der Waals surface area contributed by atoms with Gasteiger partial charge in [-0.25, -0.2) is 0 Å². The molecule has 1 unspecified atom stereocenters. The fourth-order valence-corrected chi connectivity index (χ4v) is 2.70. The number of aromatic amines is 1. The van der Waals surface area contributed by atoms with Crippen LogP contribution >= 0.6 is 12.2 Å². The summed E-state index contributed by atoms with van der Waals surface area (Å²) in [6.07, 6.45) is 0. The molecule has 2 aromatic heterocycles. The lowest BCUT2D eigenvalue weighted by Gasteiger charge is -2.26. The number of hydrogen-bond donors (Lipinski definition) is 1. The Morgan fingerprint density at radius 1 is 1.40 bits per heavy atom. The number of nitrogens with zero attached hydrogens (tertiary/aromatic N) is 3. The summed E-state index contributed by atoms with van der Waals surface area (Å²) in [5, 5.41) is 0. The second kappa shape index (κ2) is 5.93. The van der Waals surface area contributed by atoms with Crippen LogP contribution in [0.3, 0.4) is 0 Å². The number of rotatable bonds is 5. The normalized spacial score (nSPS) is 13.3. The first-order valence-corrected chi connectivity index (χ1v) is 7.14. The van der Waals surface area contributed by atoms with E-state index in [0.29, 0.717) is 16.6 Å². The van der Waals surface area contributed by atoms with E-state index in [9.17, 15) is 0 Å². The van der Waals surface area contributed by atoms with E-state index in [1.807, 2.05) is 12.1 Å². The highest BCUT2D eigenvalue weighted by atomic mass is 32.1. The van der Waals surface area contributed by atoms with Gasteiger partial charge in [0.2, 0.25) is 5.88 Å². The van der Waals surface area contributed by atoms with Crippen molar-refractivity contribution < 1.29 is 4.74 Å². The molecule has 0 fully saturated rings. The summed E-state index contributed by atoms with van der Waals surface area (Å²) in [5.74, 6) is 1.06. The molecule has 2 rings (SSSR count). The van der Waals surface area contributed by atoms with Gasteiger partial charge in [0.1, 0.15) is 0 Å². The average molecular weight is 294 g/mol. The third-order valence-electron chi connectivity index (χ3n) is 3.40. The Balaban J connectivity index is 2.60. The van der Waals surface area contributed by atoms with Gasteiger partial charge >= 0.3 is 0 Å². The van der Waals surface area contributed by atoms with Gasteiger partial charge in [0.05, 0.1) is 18.7 Å².